The molecule has 1 saturated heterocycles. The van der Waals surface area contributed by atoms with E-state index in [0.29, 0.717) is 12.0 Å². The van der Waals surface area contributed by atoms with Gasteiger partial charge in [-0.05, 0) is 61.9 Å². The second-order valence-electron chi connectivity index (χ2n) is 7.03. The number of anilines is 4. The first kappa shape index (κ1) is 15.2. The van der Waals surface area contributed by atoms with Crippen LogP contribution in [0.5, 0.6) is 0 Å². The first-order valence-corrected chi connectivity index (χ1v) is 8.98. The van der Waals surface area contributed by atoms with E-state index in [0.717, 1.165) is 30.5 Å². The molecular formula is C19H25N5. The van der Waals surface area contributed by atoms with Gasteiger partial charge < -0.3 is 15.5 Å². The third-order valence-electron chi connectivity index (χ3n) is 4.86. The standard InChI is InChI=1S/C19H25N5/c1-14-9-12-24(13-10-14)17-6-4-16(5-7-17)22-19-20-11-8-18(23-19)21-15-2-3-15/h4-8,11,14-15H,2-3,9-10,12-13H2,1H3,(H2,20,21,22,23). The maximum absolute atomic E-state index is 4.53. The number of rotatable bonds is 5. The maximum Gasteiger partial charge on any atom is 0.229 e. The summed E-state index contributed by atoms with van der Waals surface area (Å²) < 4.78 is 0. The minimum Gasteiger partial charge on any atom is -0.372 e. The average molecular weight is 323 g/mol. The molecule has 1 aliphatic carbocycles. The predicted octanol–water partition coefficient (Wildman–Crippen LogP) is 4.03. The van der Waals surface area contributed by atoms with Crippen molar-refractivity contribution >= 4 is 23.1 Å². The molecule has 2 aromatic rings. The lowest BCUT2D eigenvalue weighted by Gasteiger charge is -2.32. The van der Waals surface area contributed by atoms with E-state index in [1.807, 2.05) is 6.07 Å². The van der Waals surface area contributed by atoms with E-state index in [1.165, 1.54) is 31.4 Å². The Labute approximate surface area is 143 Å². The largest absolute Gasteiger partial charge is 0.372 e. The van der Waals surface area contributed by atoms with Crippen LogP contribution in [0.4, 0.5) is 23.1 Å². The van der Waals surface area contributed by atoms with Crippen molar-refractivity contribution in [3.8, 4) is 0 Å². The first-order chi connectivity index (χ1) is 11.8. The van der Waals surface area contributed by atoms with E-state index < -0.39 is 0 Å². The van der Waals surface area contributed by atoms with Crippen molar-refractivity contribution in [3.63, 3.8) is 0 Å². The number of hydrogen-bond donors (Lipinski definition) is 2. The van der Waals surface area contributed by atoms with Gasteiger partial charge >= 0.3 is 0 Å². The highest BCUT2D eigenvalue weighted by Gasteiger charge is 2.21. The van der Waals surface area contributed by atoms with E-state index in [9.17, 15) is 0 Å². The van der Waals surface area contributed by atoms with E-state index in [-0.39, 0.29) is 0 Å². The third-order valence-corrected chi connectivity index (χ3v) is 4.86. The fourth-order valence-electron chi connectivity index (χ4n) is 3.09. The zero-order valence-corrected chi connectivity index (χ0v) is 14.2. The lowest BCUT2D eigenvalue weighted by atomic mass is 9.99. The van der Waals surface area contributed by atoms with E-state index in [4.69, 9.17) is 0 Å². The minimum atomic E-state index is 0.597. The van der Waals surface area contributed by atoms with Crippen LogP contribution in [0.3, 0.4) is 0 Å². The molecular weight excluding hydrogens is 298 g/mol. The summed E-state index contributed by atoms with van der Waals surface area (Å²) in [5, 5.41) is 6.69. The highest BCUT2D eigenvalue weighted by Crippen LogP contribution is 2.26. The van der Waals surface area contributed by atoms with Crippen molar-refractivity contribution in [1.29, 1.82) is 0 Å². The van der Waals surface area contributed by atoms with Crippen molar-refractivity contribution < 1.29 is 0 Å². The van der Waals surface area contributed by atoms with Crippen LogP contribution in [0.25, 0.3) is 0 Å². The van der Waals surface area contributed by atoms with Gasteiger partial charge in [-0.2, -0.15) is 4.98 Å². The number of aromatic nitrogens is 2. The predicted molar refractivity (Wildman–Crippen MR) is 99.0 cm³/mol. The molecule has 2 heterocycles. The zero-order valence-electron chi connectivity index (χ0n) is 14.2. The molecule has 0 radical (unpaired) electrons. The minimum absolute atomic E-state index is 0.597. The average Bonchev–Trinajstić information content (AvgIpc) is 3.41. The lowest BCUT2D eigenvalue weighted by molar-refractivity contribution is 0.438. The molecule has 0 atom stereocenters. The number of piperidine rings is 1. The summed E-state index contributed by atoms with van der Waals surface area (Å²) in [4.78, 5) is 11.3. The van der Waals surface area contributed by atoms with Gasteiger partial charge in [0.05, 0.1) is 0 Å². The number of benzene rings is 1. The SMILES string of the molecule is CC1CCN(c2ccc(Nc3nccc(NC4CC4)n3)cc2)CC1. The molecule has 5 heteroatoms. The quantitative estimate of drug-likeness (QED) is 0.870. The number of hydrogen-bond acceptors (Lipinski definition) is 5. The smallest absolute Gasteiger partial charge is 0.229 e. The maximum atomic E-state index is 4.53. The molecule has 0 spiro atoms. The van der Waals surface area contributed by atoms with E-state index in [1.54, 1.807) is 6.20 Å². The summed E-state index contributed by atoms with van der Waals surface area (Å²) in [6, 6.07) is 11.1. The molecule has 126 valence electrons. The summed E-state index contributed by atoms with van der Waals surface area (Å²) in [6.07, 6.45) is 6.85. The third kappa shape index (κ3) is 3.78. The Balaban J connectivity index is 1.39. The van der Waals surface area contributed by atoms with Gasteiger partial charge in [0.25, 0.3) is 0 Å². The first-order valence-electron chi connectivity index (χ1n) is 8.98. The molecule has 5 nitrogen and oxygen atoms in total. The highest BCUT2D eigenvalue weighted by atomic mass is 15.2. The fraction of sp³-hybridized carbons (Fsp3) is 0.474. The van der Waals surface area contributed by atoms with Gasteiger partial charge in [-0.25, -0.2) is 4.98 Å². The Morgan fingerprint density at radius 2 is 1.75 bits per heavy atom. The summed E-state index contributed by atoms with van der Waals surface area (Å²) in [5.41, 5.74) is 2.32. The molecule has 4 rings (SSSR count). The van der Waals surface area contributed by atoms with Crippen LogP contribution in [0.1, 0.15) is 32.6 Å². The highest BCUT2D eigenvalue weighted by molar-refractivity contribution is 5.60. The molecule has 1 aromatic carbocycles. The van der Waals surface area contributed by atoms with Crippen molar-refractivity contribution in [1.82, 2.24) is 9.97 Å². The Kier molecular flexibility index (Phi) is 4.24. The van der Waals surface area contributed by atoms with Crippen molar-refractivity contribution in [3.05, 3.63) is 36.5 Å². The number of nitrogens with one attached hydrogen (secondary N) is 2. The Bertz CT molecular complexity index is 672. The van der Waals surface area contributed by atoms with E-state index in [2.05, 4.69) is 56.7 Å². The normalized spacial score (nSPS) is 18.5. The Hall–Kier alpha value is -2.30. The zero-order chi connectivity index (χ0) is 16.4. The molecule has 0 unspecified atom stereocenters. The van der Waals surface area contributed by atoms with Crippen LogP contribution in [-0.4, -0.2) is 29.1 Å². The fourth-order valence-corrected chi connectivity index (χ4v) is 3.09. The van der Waals surface area contributed by atoms with Gasteiger partial charge in [-0.3, -0.25) is 0 Å². The molecule has 1 aromatic heterocycles. The van der Waals surface area contributed by atoms with Crippen LogP contribution in [0.15, 0.2) is 36.5 Å². The van der Waals surface area contributed by atoms with Crippen LogP contribution in [-0.2, 0) is 0 Å². The lowest BCUT2D eigenvalue weighted by Crippen LogP contribution is -2.32. The molecule has 1 saturated carbocycles. The van der Waals surface area contributed by atoms with Crippen molar-refractivity contribution in [2.45, 2.75) is 38.6 Å². The van der Waals surface area contributed by atoms with Gasteiger partial charge in [0.2, 0.25) is 5.95 Å². The van der Waals surface area contributed by atoms with Crippen LogP contribution in [0, 0.1) is 5.92 Å². The summed E-state index contributed by atoms with van der Waals surface area (Å²) >= 11 is 0. The van der Waals surface area contributed by atoms with Crippen LogP contribution < -0.4 is 15.5 Å². The second kappa shape index (κ2) is 6.67. The van der Waals surface area contributed by atoms with Crippen molar-refractivity contribution in [2.75, 3.05) is 28.6 Å². The topological polar surface area (TPSA) is 53.1 Å². The van der Waals surface area contributed by atoms with Gasteiger partial charge in [-0.1, -0.05) is 6.92 Å². The van der Waals surface area contributed by atoms with Gasteiger partial charge in [0, 0.05) is 36.7 Å². The molecule has 2 fully saturated rings. The van der Waals surface area contributed by atoms with Gasteiger partial charge in [0.15, 0.2) is 0 Å². The summed E-state index contributed by atoms with van der Waals surface area (Å²) in [6.45, 7) is 4.66. The van der Waals surface area contributed by atoms with Crippen LogP contribution >= 0.6 is 0 Å². The molecule has 24 heavy (non-hydrogen) atoms. The Morgan fingerprint density at radius 1 is 1.00 bits per heavy atom. The van der Waals surface area contributed by atoms with Crippen LogP contribution in [0.2, 0.25) is 0 Å². The molecule has 2 N–H and O–H groups in total. The molecule has 1 aliphatic heterocycles. The van der Waals surface area contributed by atoms with Gasteiger partial charge in [-0.15, -0.1) is 0 Å². The number of nitrogens with zero attached hydrogens (tertiary/aromatic N) is 3. The molecule has 2 aliphatic rings. The van der Waals surface area contributed by atoms with Crippen molar-refractivity contribution in [2.24, 2.45) is 5.92 Å². The van der Waals surface area contributed by atoms with Gasteiger partial charge in [0.1, 0.15) is 5.82 Å². The second-order valence-corrected chi connectivity index (χ2v) is 7.03. The molecule has 0 amide bonds. The monoisotopic (exact) mass is 323 g/mol. The van der Waals surface area contributed by atoms with E-state index >= 15 is 0 Å². The summed E-state index contributed by atoms with van der Waals surface area (Å²) in [5.74, 6) is 2.39. The Morgan fingerprint density at radius 3 is 2.46 bits per heavy atom. The molecule has 0 bridgehead atoms. The summed E-state index contributed by atoms with van der Waals surface area (Å²) in [7, 11) is 0.